The molecule has 2 saturated heterocycles. The van der Waals surface area contributed by atoms with Crippen molar-refractivity contribution in [3.8, 4) is 11.5 Å². The zero-order chi connectivity index (χ0) is 21.2. The van der Waals surface area contributed by atoms with Crippen molar-refractivity contribution in [2.24, 2.45) is 0 Å². The maximum atomic E-state index is 13.0. The van der Waals surface area contributed by atoms with Crippen LogP contribution in [-0.4, -0.2) is 97.8 Å². The molecule has 3 aliphatic rings. The van der Waals surface area contributed by atoms with Crippen molar-refractivity contribution in [2.45, 2.75) is 6.10 Å². The quantitative estimate of drug-likeness (QED) is 0.714. The normalized spacial score (nSPS) is 21.8. The first-order valence-electron chi connectivity index (χ1n) is 10.8. The zero-order valence-corrected chi connectivity index (χ0v) is 17.8. The molecule has 0 N–H and O–H groups in total. The number of likely N-dealkylation sites (N-methyl/N-ethyl adjacent to an activating group) is 1. The minimum Gasteiger partial charge on any atom is -0.485 e. The maximum Gasteiger partial charge on any atom is 0.267 e. The smallest absolute Gasteiger partial charge is 0.267 e. The van der Waals surface area contributed by atoms with Crippen molar-refractivity contribution in [1.29, 1.82) is 0 Å². The van der Waals surface area contributed by atoms with Gasteiger partial charge in [-0.2, -0.15) is 0 Å². The summed E-state index contributed by atoms with van der Waals surface area (Å²) >= 11 is 0. The number of carbonyl (C=O) groups is 1. The van der Waals surface area contributed by atoms with Gasteiger partial charge in [0.25, 0.3) is 5.91 Å². The Kier molecular flexibility index (Phi) is 5.50. The monoisotopic (exact) mass is 424 g/mol. The van der Waals surface area contributed by atoms with E-state index >= 15 is 0 Å². The van der Waals surface area contributed by atoms with Crippen LogP contribution in [0, 0.1) is 0 Å². The van der Waals surface area contributed by atoms with E-state index in [9.17, 15) is 4.79 Å². The van der Waals surface area contributed by atoms with E-state index in [2.05, 4.69) is 37.8 Å². The third kappa shape index (κ3) is 4.23. The largest absolute Gasteiger partial charge is 0.485 e. The maximum absolute atomic E-state index is 13.0. The van der Waals surface area contributed by atoms with Crippen molar-refractivity contribution in [2.75, 3.05) is 75.8 Å². The van der Waals surface area contributed by atoms with Gasteiger partial charge in [-0.25, -0.2) is 9.97 Å². The fraction of sp³-hybridized carbons (Fsp3) is 0.500. The molecule has 1 amide bonds. The van der Waals surface area contributed by atoms with Crippen LogP contribution in [0.5, 0.6) is 11.5 Å². The molecule has 3 aliphatic heterocycles. The standard InChI is InChI=1S/C22H28N6O3/c1-25-6-8-26(9-7-25)20-14-21(24-16-23-20)27-10-12-28(13-11-27)22(29)19-15-30-17-4-2-3-5-18(17)31-19/h2-5,14,16,19H,6-13,15H2,1H3. The van der Waals surface area contributed by atoms with Gasteiger partial charge in [-0.3, -0.25) is 4.79 Å². The number of aromatic nitrogens is 2. The molecule has 5 rings (SSSR count). The fourth-order valence-electron chi connectivity index (χ4n) is 4.22. The second-order valence-corrected chi connectivity index (χ2v) is 8.20. The van der Waals surface area contributed by atoms with Gasteiger partial charge in [0.1, 0.15) is 24.6 Å². The third-order valence-corrected chi connectivity index (χ3v) is 6.16. The summed E-state index contributed by atoms with van der Waals surface area (Å²) in [5.74, 6) is 3.19. The van der Waals surface area contributed by atoms with E-state index in [1.165, 1.54) is 0 Å². The Labute approximate surface area is 182 Å². The summed E-state index contributed by atoms with van der Waals surface area (Å²) < 4.78 is 11.6. The molecule has 1 aromatic carbocycles. The Morgan fingerprint density at radius 2 is 1.52 bits per heavy atom. The number of rotatable bonds is 3. The van der Waals surface area contributed by atoms with Gasteiger partial charge >= 0.3 is 0 Å². The summed E-state index contributed by atoms with van der Waals surface area (Å²) in [6, 6.07) is 9.53. The predicted molar refractivity (Wildman–Crippen MR) is 117 cm³/mol. The average molecular weight is 425 g/mol. The second kappa shape index (κ2) is 8.58. The number of anilines is 2. The van der Waals surface area contributed by atoms with Gasteiger partial charge in [-0.05, 0) is 19.2 Å². The van der Waals surface area contributed by atoms with Gasteiger partial charge in [0.2, 0.25) is 6.10 Å². The Hall–Kier alpha value is -3.07. The van der Waals surface area contributed by atoms with Gasteiger partial charge in [-0.1, -0.05) is 12.1 Å². The predicted octanol–water partition coefficient (Wildman–Crippen LogP) is 0.717. The lowest BCUT2D eigenvalue weighted by Gasteiger charge is -2.38. The van der Waals surface area contributed by atoms with Crippen LogP contribution >= 0.6 is 0 Å². The Bertz CT molecular complexity index is 925. The van der Waals surface area contributed by atoms with Crippen LogP contribution in [0.15, 0.2) is 36.7 Å². The number of ether oxygens (including phenoxy) is 2. The number of piperazine rings is 2. The molecule has 9 heteroatoms. The van der Waals surface area contributed by atoms with Crippen molar-refractivity contribution in [3.63, 3.8) is 0 Å². The number of hydrogen-bond donors (Lipinski definition) is 0. The molecular formula is C22H28N6O3. The molecule has 1 atom stereocenters. The van der Waals surface area contributed by atoms with E-state index in [1.54, 1.807) is 6.33 Å². The number of benzene rings is 1. The highest BCUT2D eigenvalue weighted by Gasteiger charge is 2.33. The van der Waals surface area contributed by atoms with E-state index in [1.807, 2.05) is 29.2 Å². The van der Waals surface area contributed by atoms with Crippen LogP contribution in [0.3, 0.4) is 0 Å². The topological polar surface area (TPSA) is 74.3 Å². The molecule has 164 valence electrons. The molecule has 0 aliphatic carbocycles. The van der Waals surface area contributed by atoms with Crippen LogP contribution in [0.25, 0.3) is 0 Å². The van der Waals surface area contributed by atoms with Crippen molar-refractivity contribution in [1.82, 2.24) is 19.8 Å². The van der Waals surface area contributed by atoms with E-state index in [-0.39, 0.29) is 12.5 Å². The van der Waals surface area contributed by atoms with Gasteiger partial charge < -0.3 is 29.1 Å². The van der Waals surface area contributed by atoms with E-state index < -0.39 is 6.10 Å². The highest BCUT2D eigenvalue weighted by atomic mass is 16.6. The molecule has 2 aromatic rings. The summed E-state index contributed by atoms with van der Waals surface area (Å²) in [5, 5.41) is 0. The van der Waals surface area contributed by atoms with Crippen molar-refractivity contribution >= 4 is 17.5 Å². The first-order chi connectivity index (χ1) is 15.2. The van der Waals surface area contributed by atoms with Crippen LogP contribution < -0.4 is 19.3 Å². The summed E-state index contributed by atoms with van der Waals surface area (Å²) in [4.78, 5) is 30.6. The molecule has 1 unspecified atom stereocenters. The molecule has 4 heterocycles. The summed E-state index contributed by atoms with van der Waals surface area (Å²) in [6.45, 7) is 7.00. The summed E-state index contributed by atoms with van der Waals surface area (Å²) in [5.41, 5.74) is 0. The number of fused-ring (bicyclic) bond motifs is 1. The highest BCUT2D eigenvalue weighted by molar-refractivity contribution is 5.82. The Morgan fingerprint density at radius 3 is 2.19 bits per heavy atom. The minimum absolute atomic E-state index is 0.0185. The van der Waals surface area contributed by atoms with Gasteiger partial charge in [0.15, 0.2) is 11.5 Å². The number of carbonyl (C=O) groups excluding carboxylic acids is 1. The van der Waals surface area contributed by atoms with Gasteiger partial charge in [-0.15, -0.1) is 0 Å². The molecule has 0 saturated carbocycles. The van der Waals surface area contributed by atoms with Crippen molar-refractivity contribution < 1.29 is 14.3 Å². The lowest BCUT2D eigenvalue weighted by molar-refractivity contribution is -0.141. The zero-order valence-electron chi connectivity index (χ0n) is 17.8. The molecular weight excluding hydrogens is 396 g/mol. The van der Waals surface area contributed by atoms with Crippen LogP contribution in [0.2, 0.25) is 0 Å². The summed E-state index contributed by atoms with van der Waals surface area (Å²) in [7, 11) is 2.15. The molecule has 31 heavy (non-hydrogen) atoms. The average Bonchev–Trinajstić information content (AvgIpc) is 2.84. The van der Waals surface area contributed by atoms with Crippen LogP contribution in [0.4, 0.5) is 11.6 Å². The van der Waals surface area contributed by atoms with E-state index in [4.69, 9.17) is 9.47 Å². The van der Waals surface area contributed by atoms with E-state index in [0.717, 1.165) is 50.9 Å². The molecule has 2 fully saturated rings. The minimum atomic E-state index is -0.593. The first kappa shape index (κ1) is 19.9. The molecule has 0 spiro atoms. The lowest BCUT2D eigenvalue weighted by atomic mass is 10.2. The molecule has 1 aromatic heterocycles. The number of hydrogen-bond acceptors (Lipinski definition) is 8. The van der Waals surface area contributed by atoms with Crippen LogP contribution in [-0.2, 0) is 4.79 Å². The fourth-order valence-corrected chi connectivity index (χ4v) is 4.22. The van der Waals surface area contributed by atoms with Crippen molar-refractivity contribution in [3.05, 3.63) is 36.7 Å². The molecule has 0 radical (unpaired) electrons. The van der Waals surface area contributed by atoms with Gasteiger partial charge in [0.05, 0.1) is 0 Å². The first-order valence-corrected chi connectivity index (χ1v) is 10.8. The lowest BCUT2D eigenvalue weighted by Crippen LogP contribution is -2.54. The number of amides is 1. The van der Waals surface area contributed by atoms with Crippen LogP contribution in [0.1, 0.15) is 0 Å². The Morgan fingerprint density at radius 1 is 0.903 bits per heavy atom. The number of para-hydroxylation sites is 2. The second-order valence-electron chi connectivity index (χ2n) is 8.20. The molecule has 9 nitrogen and oxygen atoms in total. The third-order valence-electron chi connectivity index (χ3n) is 6.16. The molecule has 0 bridgehead atoms. The van der Waals surface area contributed by atoms with Gasteiger partial charge in [0, 0.05) is 58.4 Å². The van der Waals surface area contributed by atoms with E-state index in [0.29, 0.717) is 24.6 Å². The summed E-state index contributed by atoms with van der Waals surface area (Å²) in [6.07, 6.45) is 1.05. The SMILES string of the molecule is CN1CCN(c2cc(N3CCN(C(=O)C4COc5ccccc5O4)CC3)ncn2)CC1. The highest BCUT2D eigenvalue weighted by Crippen LogP contribution is 2.31. The number of nitrogens with zero attached hydrogens (tertiary/aromatic N) is 6. The Balaban J connectivity index is 1.18.